The average Bonchev–Trinajstić information content (AvgIpc) is 3.51. The zero-order valence-electron chi connectivity index (χ0n) is 16.1. The number of hydrogen-bond donors (Lipinski definition) is 1. The van der Waals surface area contributed by atoms with Gasteiger partial charge in [0.05, 0.1) is 24.6 Å². The lowest BCUT2D eigenvalue weighted by Crippen LogP contribution is -2.15. The number of rotatable bonds is 9. The van der Waals surface area contributed by atoms with Crippen LogP contribution in [0.25, 0.3) is 22.2 Å². The molecule has 3 heterocycles. The second-order valence-electron chi connectivity index (χ2n) is 6.28. The molecular formula is C20H19N5O3S2. The molecule has 8 nitrogen and oxygen atoms in total. The van der Waals surface area contributed by atoms with Crippen molar-refractivity contribution in [1.82, 2.24) is 19.7 Å². The van der Waals surface area contributed by atoms with Gasteiger partial charge in [-0.15, -0.1) is 21.5 Å². The van der Waals surface area contributed by atoms with Crippen LogP contribution in [0.15, 0.2) is 57.6 Å². The SMILES string of the molecule is COc1ccccc1-c1nc(CSc2nnc(-c3ccco3)n2CCC(N)=O)cs1. The van der Waals surface area contributed by atoms with Crippen molar-refractivity contribution in [1.29, 1.82) is 0 Å². The van der Waals surface area contributed by atoms with E-state index in [1.54, 1.807) is 36.8 Å². The molecule has 0 atom stereocenters. The van der Waals surface area contributed by atoms with E-state index in [0.29, 0.717) is 29.0 Å². The van der Waals surface area contributed by atoms with Crippen LogP contribution in [0, 0.1) is 0 Å². The van der Waals surface area contributed by atoms with Crippen molar-refractivity contribution in [3.63, 3.8) is 0 Å². The number of thioether (sulfide) groups is 1. The maximum absolute atomic E-state index is 11.3. The molecule has 0 bridgehead atoms. The van der Waals surface area contributed by atoms with E-state index in [4.69, 9.17) is 19.9 Å². The van der Waals surface area contributed by atoms with Gasteiger partial charge in [0.15, 0.2) is 16.7 Å². The highest BCUT2D eigenvalue weighted by Crippen LogP contribution is 2.33. The number of nitrogens with zero attached hydrogens (tertiary/aromatic N) is 4. The summed E-state index contributed by atoms with van der Waals surface area (Å²) in [6, 6.07) is 11.4. The van der Waals surface area contributed by atoms with Gasteiger partial charge in [0, 0.05) is 24.1 Å². The normalized spacial score (nSPS) is 11.0. The summed E-state index contributed by atoms with van der Waals surface area (Å²) in [6.45, 7) is 0.379. The van der Waals surface area contributed by atoms with E-state index < -0.39 is 0 Å². The first-order valence-electron chi connectivity index (χ1n) is 9.11. The lowest BCUT2D eigenvalue weighted by molar-refractivity contribution is -0.118. The summed E-state index contributed by atoms with van der Waals surface area (Å²) < 4.78 is 12.7. The maximum atomic E-state index is 11.3. The highest BCUT2D eigenvalue weighted by Gasteiger charge is 2.18. The Hall–Kier alpha value is -3.11. The quantitative estimate of drug-likeness (QED) is 0.393. The number of ether oxygens (including phenoxy) is 1. The third kappa shape index (κ3) is 4.39. The number of thiazole rings is 1. The fourth-order valence-electron chi connectivity index (χ4n) is 2.86. The predicted octanol–water partition coefficient (Wildman–Crippen LogP) is 3.84. The number of benzene rings is 1. The Morgan fingerprint density at radius 3 is 2.90 bits per heavy atom. The molecule has 0 aliphatic carbocycles. The van der Waals surface area contributed by atoms with E-state index in [9.17, 15) is 4.79 Å². The lowest BCUT2D eigenvalue weighted by Gasteiger charge is -2.07. The highest BCUT2D eigenvalue weighted by molar-refractivity contribution is 7.98. The molecule has 3 aromatic heterocycles. The number of primary amides is 1. The van der Waals surface area contributed by atoms with Crippen molar-refractivity contribution >= 4 is 29.0 Å². The first-order valence-corrected chi connectivity index (χ1v) is 11.0. The summed E-state index contributed by atoms with van der Waals surface area (Å²) >= 11 is 3.06. The fourth-order valence-corrected chi connectivity index (χ4v) is 4.68. The molecule has 1 amide bonds. The van der Waals surface area contributed by atoms with Crippen molar-refractivity contribution in [2.24, 2.45) is 5.73 Å². The van der Waals surface area contributed by atoms with Gasteiger partial charge in [0.2, 0.25) is 5.91 Å². The van der Waals surface area contributed by atoms with Gasteiger partial charge < -0.3 is 14.9 Å². The third-order valence-corrected chi connectivity index (χ3v) is 6.20. The largest absolute Gasteiger partial charge is 0.496 e. The molecule has 1 aromatic carbocycles. The van der Waals surface area contributed by atoms with Gasteiger partial charge in [-0.2, -0.15) is 0 Å². The van der Waals surface area contributed by atoms with Gasteiger partial charge in [-0.3, -0.25) is 9.36 Å². The zero-order valence-corrected chi connectivity index (χ0v) is 17.8. The van der Waals surface area contributed by atoms with Gasteiger partial charge in [0.1, 0.15) is 10.8 Å². The molecule has 4 aromatic rings. The minimum atomic E-state index is -0.383. The first kappa shape index (κ1) is 20.2. The summed E-state index contributed by atoms with van der Waals surface area (Å²) in [6.07, 6.45) is 1.76. The number of amides is 1. The van der Waals surface area contributed by atoms with Crippen LogP contribution in [0.2, 0.25) is 0 Å². The van der Waals surface area contributed by atoms with Crippen LogP contribution in [-0.4, -0.2) is 32.8 Å². The van der Waals surface area contributed by atoms with E-state index in [1.165, 1.54) is 11.8 Å². The third-order valence-electron chi connectivity index (χ3n) is 4.28. The van der Waals surface area contributed by atoms with Crippen LogP contribution in [0.5, 0.6) is 5.75 Å². The molecule has 0 radical (unpaired) electrons. The van der Waals surface area contributed by atoms with Crippen molar-refractivity contribution in [3.05, 3.63) is 53.7 Å². The Labute approximate surface area is 181 Å². The maximum Gasteiger partial charge on any atom is 0.219 e. The molecule has 4 rings (SSSR count). The summed E-state index contributed by atoms with van der Waals surface area (Å²) in [4.78, 5) is 16.0. The van der Waals surface area contributed by atoms with Gasteiger partial charge in [-0.25, -0.2) is 4.98 Å². The van der Waals surface area contributed by atoms with E-state index in [0.717, 1.165) is 22.0 Å². The average molecular weight is 442 g/mol. The standard InChI is InChI=1S/C20H19N5O3S2/c1-27-15-6-3-2-5-14(15)19-22-13(11-29-19)12-30-20-24-23-18(16-7-4-10-28-16)25(20)9-8-17(21)26/h2-7,10-11H,8-9,12H2,1H3,(H2,21,26). The number of aromatic nitrogens is 4. The molecule has 0 saturated heterocycles. The topological polar surface area (TPSA) is 109 Å². The minimum Gasteiger partial charge on any atom is -0.496 e. The van der Waals surface area contributed by atoms with E-state index in [2.05, 4.69) is 10.2 Å². The van der Waals surface area contributed by atoms with Crippen LogP contribution < -0.4 is 10.5 Å². The summed E-state index contributed by atoms with van der Waals surface area (Å²) in [5.41, 5.74) is 7.22. The summed E-state index contributed by atoms with van der Waals surface area (Å²) in [5.74, 6) is 2.17. The number of carbonyl (C=O) groups excluding carboxylic acids is 1. The highest BCUT2D eigenvalue weighted by atomic mass is 32.2. The second-order valence-corrected chi connectivity index (χ2v) is 8.08. The number of methoxy groups -OCH3 is 1. The zero-order chi connectivity index (χ0) is 20.9. The smallest absolute Gasteiger partial charge is 0.219 e. The Balaban J connectivity index is 1.53. The number of furan rings is 1. The summed E-state index contributed by atoms with van der Waals surface area (Å²) in [7, 11) is 1.65. The number of carbonyl (C=O) groups is 1. The second kappa shape index (κ2) is 9.14. The molecule has 0 spiro atoms. The van der Waals surface area contributed by atoms with Crippen molar-refractivity contribution in [2.75, 3.05) is 7.11 Å². The van der Waals surface area contributed by atoms with Crippen LogP contribution in [0.1, 0.15) is 12.1 Å². The Bertz CT molecular complexity index is 1140. The van der Waals surface area contributed by atoms with Crippen LogP contribution in [0.4, 0.5) is 0 Å². The van der Waals surface area contributed by atoms with Crippen LogP contribution in [-0.2, 0) is 17.1 Å². The number of hydrogen-bond acceptors (Lipinski definition) is 8. The fraction of sp³-hybridized carbons (Fsp3) is 0.200. The Kier molecular flexibility index (Phi) is 6.15. The van der Waals surface area contributed by atoms with Gasteiger partial charge in [-0.05, 0) is 24.3 Å². The molecule has 30 heavy (non-hydrogen) atoms. The first-order chi connectivity index (χ1) is 14.7. The molecule has 0 fully saturated rings. The van der Waals surface area contributed by atoms with Crippen molar-refractivity contribution < 1.29 is 13.9 Å². The molecule has 2 N–H and O–H groups in total. The van der Waals surface area contributed by atoms with Crippen LogP contribution in [0.3, 0.4) is 0 Å². The van der Waals surface area contributed by atoms with Crippen molar-refractivity contribution in [3.8, 4) is 27.9 Å². The number of nitrogens with two attached hydrogens (primary N) is 1. The predicted molar refractivity (Wildman–Crippen MR) is 115 cm³/mol. The molecular weight excluding hydrogens is 422 g/mol. The van der Waals surface area contributed by atoms with Crippen LogP contribution >= 0.6 is 23.1 Å². The number of para-hydroxylation sites is 1. The van der Waals surface area contributed by atoms with E-state index in [1.807, 2.05) is 34.2 Å². The molecule has 0 aliphatic heterocycles. The molecule has 0 aliphatic rings. The Morgan fingerprint density at radius 1 is 1.27 bits per heavy atom. The van der Waals surface area contributed by atoms with E-state index >= 15 is 0 Å². The molecule has 10 heteroatoms. The molecule has 154 valence electrons. The monoisotopic (exact) mass is 441 g/mol. The molecule has 0 unspecified atom stereocenters. The lowest BCUT2D eigenvalue weighted by atomic mass is 10.2. The minimum absolute atomic E-state index is 0.188. The molecule has 0 saturated carbocycles. The van der Waals surface area contributed by atoms with E-state index in [-0.39, 0.29) is 12.3 Å². The Morgan fingerprint density at radius 2 is 2.13 bits per heavy atom. The van der Waals surface area contributed by atoms with Gasteiger partial charge in [-0.1, -0.05) is 23.9 Å². The van der Waals surface area contributed by atoms with Crippen molar-refractivity contribution in [2.45, 2.75) is 23.9 Å². The summed E-state index contributed by atoms with van der Waals surface area (Å²) in [5, 5.41) is 12.1. The van der Waals surface area contributed by atoms with Gasteiger partial charge >= 0.3 is 0 Å². The van der Waals surface area contributed by atoms with Gasteiger partial charge in [0.25, 0.3) is 0 Å².